The van der Waals surface area contributed by atoms with Crippen LogP contribution in [0.5, 0.6) is 11.5 Å². The maximum Gasteiger partial charge on any atom is 0.416 e. The van der Waals surface area contributed by atoms with Crippen molar-refractivity contribution in [3.05, 3.63) is 54.1 Å². The predicted molar refractivity (Wildman–Crippen MR) is 158 cm³/mol. The number of rotatable bonds is 16. The van der Waals surface area contributed by atoms with Gasteiger partial charge in [0, 0.05) is 26.4 Å². The first-order valence-electron chi connectivity index (χ1n) is 13.5. The minimum Gasteiger partial charge on any atom is -0.467 e. The van der Waals surface area contributed by atoms with Crippen molar-refractivity contribution in [1.82, 2.24) is 4.90 Å². The maximum absolute atomic E-state index is 12.5. The van der Waals surface area contributed by atoms with E-state index in [0.717, 1.165) is 29.7 Å². The zero-order valence-corrected chi connectivity index (χ0v) is 25.9. The molecule has 40 heavy (non-hydrogen) atoms. The summed E-state index contributed by atoms with van der Waals surface area (Å²) < 4.78 is 32.6. The topological polar surface area (TPSA) is 92.8 Å². The Hall–Kier alpha value is -2.92. The largest absolute Gasteiger partial charge is 0.467 e. The van der Waals surface area contributed by atoms with Crippen molar-refractivity contribution < 1.29 is 37.7 Å². The van der Waals surface area contributed by atoms with Gasteiger partial charge in [0.25, 0.3) is 5.91 Å². The average molecular weight is 576 g/mol. The van der Waals surface area contributed by atoms with Gasteiger partial charge in [-0.1, -0.05) is 51.2 Å². The lowest BCUT2D eigenvalue weighted by molar-refractivity contribution is -0.122. The Morgan fingerprint density at radius 1 is 1.07 bits per heavy atom. The molecule has 2 amide bonds. The molecule has 1 heterocycles. The van der Waals surface area contributed by atoms with Crippen molar-refractivity contribution in [1.29, 1.82) is 0 Å². The molecule has 1 saturated heterocycles. The molecule has 0 radical (unpaired) electrons. The van der Waals surface area contributed by atoms with E-state index in [1.165, 1.54) is 6.08 Å². The normalized spacial score (nSPS) is 15.4. The number of amides is 2. The molecule has 1 aliphatic rings. The van der Waals surface area contributed by atoms with Gasteiger partial charge in [-0.15, -0.1) is 0 Å². The second-order valence-corrected chi connectivity index (χ2v) is 15.7. The molecule has 1 aromatic rings. The SMILES string of the molecule is COCOc1cc(/C=C/C=C/CCCC(/C=C/C(=O)N2CCOC2=O)O[Si](C)(C)C(C)(C)C)cc(OCOC)c1. The fraction of sp³-hybridized carbons (Fsp3) is 0.533. The highest BCUT2D eigenvalue weighted by Gasteiger charge is 2.38. The standard InChI is InChI=1S/C30H45NO8Si/c1-30(2,3)40(6,7)39-25(15-16-28(32)31-17-18-36-29(31)33)14-12-10-8-9-11-13-24-19-26(37-22-34-4)21-27(20-24)38-23-35-5/h8-9,11,13,15-16,19-21,25H,10,12,14,17-18,22-23H2,1-7H3/b9-8+,13-11+,16-15+. The first-order valence-corrected chi connectivity index (χ1v) is 16.4. The van der Waals surface area contributed by atoms with Gasteiger partial charge in [0.15, 0.2) is 21.9 Å². The number of benzene rings is 1. The van der Waals surface area contributed by atoms with Crippen LogP contribution >= 0.6 is 0 Å². The van der Waals surface area contributed by atoms with E-state index >= 15 is 0 Å². The lowest BCUT2D eigenvalue weighted by Gasteiger charge is -2.38. The van der Waals surface area contributed by atoms with Crippen LogP contribution in [-0.2, 0) is 23.4 Å². The number of imide groups is 1. The van der Waals surface area contributed by atoms with Gasteiger partial charge in [0.2, 0.25) is 0 Å². The third-order valence-electron chi connectivity index (χ3n) is 6.72. The monoisotopic (exact) mass is 575 g/mol. The van der Waals surface area contributed by atoms with Gasteiger partial charge in [0.1, 0.15) is 18.1 Å². The van der Waals surface area contributed by atoms with Crippen molar-refractivity contribution in [3.8, 4) is 11.5 Å². The van der Waals surface area contributed by atoms with E-state index in [1.807, 2.05) is 30.4 Å². The van der Waals surface area contributed by atoms with Crippen molar-refractivity contribution >= 4 is 26.4 Å². The number of carbonyl (C=O) groups is 2. The van der Waals surface area contributed by atoms with Gasteiger partial charge in [0.05, 0.1) is 12.6 Å². The van der Waals surface area contributed by atoms with Gasteiger partial charge in [-0.05, 0) is 55.1 Å². The van der Waals surface area contributed by atoms with Gasteiger partial charge >= 0.3 is 6.09 Å². The van der Waals surface area contributed by atoms with Crippen LogP contribution in [0, 0.1) is 0 Å². The fourth-order valence-corrected chi connectivity index (χ4v) is 4.82. The number of allylic oxidation sites excluding steroid dienone is 3. The molecular weight excluding hydrogens is 530 g/mol. The van der Waals surface area contributed by atoms with Gasteiger partial charge in [-0.3, -0.25) is 4.79 Å². The zero-order chi connectivity index (χ0) is 29.6. The first-order chi connectivity index (χ1) is 19.0. The second-order valence-electron chi connectivity index (χ2n) is 10.9. The molecule has 1 aliphatic heterocycles. The van der Waals surface area contributed by atoms with Crippen LogP contribution in [0.4, 0.5) is 4.79 Å². The predicted octanol–water partition coefficient (Wildman–Crippen LogP) is 6.32. The minimum absolute atomic E-state index is 0.0347. The first kappa shape index (κ1) is 33.3. The van der Waals surface area contributed by atoms with E-state index < -0.39 is 14.4 Å². The molecule has 9 nitrogen and oxygen atoms in total. The minimum atomic E-state index is -2.06. The van der Waals surface area contributed by atoms with E-state index in [9.17, 15) is 9.59 Å². The van der Waals surface area contributed by atoms with Gasteiger partial charge in [-0.25, -0.2) is 9.69 Å². The summed E-state index contributed by atoms with van der Waals surface area (Å²) in [6.45, 7) is 11.7. The average Bonchev–Trinajstić information content (AvgIpc) is 3.33. The second kappa shape index (κ2) is 16.4. The van der Waals surface area contributed by atoms with Gasteiger partial charge in [-0.2, -0.15) is 0 Å². The summed E-state index contributed by atoms with van der Waals surface area (Å²) in [6, 6.07) is 5.59. The summed E-state index contributed by atoms with van der Waals surface area (Å²) in [4.78, 5) is 25.3. The highest BCUT2D eigenvalue weighted by Crippen LogP contribution is 2.38. The maximum atomic E-state index is 12.5. The molecule has 10 heteroatoms. The number of nitrogens with zero attached hydrogens (tertiary/aromatic N) is 1. The third-order valence-corrected chi connectivity index (χ3v) is 11.2. The summed E-state index contributed by atoms with van der Waals surface area (Å²) in [5.74, 6) is 0.906. The van der Waals surface area contributed by atoms with Crippen LogP contribution in [0.2, 0.25) is 18.1 Å². The molecule has 0 aromatic heterocycles. The Bertz CT molecular complexity index is 1020. The molecular formula is C30H45NO8Si. The number of hydrogen-bond acceptors (Lipinski definition) is 8. The van der Waals surface area contributed by atoms with Crippen molar-refractivity contribution in [2.75, 3.05) is 41.0 Å². The highest BCUT2D eigenvalue weighted by atomic mass is 28.4. The van der Waals surface area contributed by atoms with Crippen LogP contribution in [0.3, 0.4) is 0 Å². The smallest absolute Gasteiger partial charge is 0.416 e. The highest BCUT2D eigenvalue weighted by molar-refractivity contribution is 6.74. The lowest BCUT2D eigenvalue weighted by Crippen LogP contribution is -2.43. The number of ether oxygens (including phenoxy) is 5. The van der Waals surface area contributed by atoms with Crippen LogP contribution in [-0.4, -0.2) is 72.3 Å². The van der Waals surface area contributed by atoms with Gasteiger partial charge < -0.3 is 28.1 Å². The Morgan fingerprint density at radius 2 is 1.73 bits per heavy atom. The molecule has 1 unspecified atom stereocenters. The number of methoxy groups -OCH3 is 2. The molecule has 0 aliphatic carbocycles. The van der Waals surface area contributed by atoms with Crippen molar-refractivity contribution in [2.45, 2.75) is 64.3 Å². The summed E-state index contributed by atoms with van der Waals surface area (Å²) in [5.41, 5.74) is 0.920. The summed E-state index contributed by atoms with van der Waals surface area (Å²) >= 11 is 0. The summed E-state index contributed by atoms with van der Waals surface area (Å²) in [5, 5.41) is 0.0347. The Balaban J connectivity index is 1.97. The molecule has 0 saturated carbocycles. The number of carbonyl (C=O) groups excluding carboxylic acids is 2. The van der Waals surface area contributed by atoms with E-state index in [4.69, 9.17) is 28.1 Å². The number of unbranched alkanes of at least 4 members (excludes halogenated alkanes) is 1. The van der Waals surface area contributed by atoms with Crippen LogP contribution in [0.15, 0.2) is 48.6 Å². The van der Waals surface area contributed by atoms with Crippen molar-refractivity contribution in [3.63, 3.8) is 0 Å². The molecule has 0 bridgehead atoms. The number of hydrogen-bond donors (Lipinski definition) is 0. The van der Waals surface area contributed by atoms with Crippen LogP contribution in [0.1, 0.15) is 45.6 Å². The van der Waals surface area contributed by atoms with E-state index in [2.05, 4.69) is 39.9 Å². The van der Waals surface area contributed by atoms with E-state index in [1.54, 1.807) is 26.4 Å². The van der Waals surface area contributed by atoms with Crippen LogP contribution < -0.4 is 9.47 Å². The van der Waals surface area contributed by atoms with E-state index in [0.29, 0.717) is 11.5 Å². The zero-order valence-electron chi connectivity index (χ0n) is 24.9. The summed E-state index contributed by atoms with van der Waals surface area (Å²) in [6.07, 6.45) is 12.9. The molecule has 222 valence electrons. The molecule has 1 fully saturated rings. The number of cyclic esters (lactones) is 1. The quantitative estimate of drug-likeness (QED) is 0.0744. The molecule has 1 aromatic carbocycles. The third kappa shape index (κ3) is 11.3. The molecule has 0 N–H and O–H groups in total. The van der Waals surface area contributed by atoms with E-state index in [-0.39, 0.29) is 43.8 Å². The van der Waals surface area contributed by atoms with Crippen molar-refractivity contribution in [2.24, 2.45) is 0 Å². The molecule has 2 rings (SSSR count). The Labute approximate surface area is 239 Å². The lowest BCUT2D eigenvalue weighted by atomic mass is 10.1. The fourth-order valence-electron chi connectivity index (χ4n) is 3.51. The molecule has 1 atom stereocenters. The Kier molecular flexibility index (Phi) is 13.6. The summed E-state index contributed by atoms with van der Waals surface area (Å²) in [7, 11) is 1.08. The molecule has 0 spiro atoms. The van der Waals surface area contributed by atoms with Crippen LogP contribution in [0.25, 0.3) is 6.08 Å². The Morgan fingerprint density at radius 3 is 2.27 bits per heavy atom.